The lowest BCUT2D eigenvalue weighted by Gasteiger charge is -2.48. The Balaban J connectivity index is 1.39. The lowest BCUT2D eigenvalue weighted by molar-refractivity contribution is -0.908. The topological polar surface area (TPSA) is 62.1 Å². The van der Waals surface area contributed by atoms with Gasteiger partial charge in [0.25, 0.3) is 0 Å². The zero-order valence-corrected chi connectivity index (χ0v) is 18.0. The standard InChI is InChI=1S/C23H31N3O3/c1-16(27)17-5-7-18(8-6-17)25-13-11-24(12-14-25)15-26-20(28)19-9-10-23(4,21(26)29)22(19,2)3/h5-8,19H,9-15H2,1-4H3/p+1/t19-,23+/m1/s1. The fraction of sp³-hybridized carbons (Fsp3) is 0.609. The van der Waals surface area contributed by atoms with Crippen LogP contribution in [0.5, 0.6) is 0 Å². The molecule has 2 bridgehead atoms. The summed E-state index contributed by atoms with van der Waals surface area (Å²) in [5.41, 5.74) is 1.17. The van der Waals surface area contributed by atoms with E-state index in [2.05, 4.69) is 18.7 Å². The summed E-state index contributed by atoms with van der Waals surface area (Å²) in [5.74, 6) is 0.0962. The molecule has 0 aromatic heterocycles. The lowest BCUT2D eigenvalue weighted by atomic mass is 9.62. The molecule has 1 aliphatic carbocycles. The average Bonchev–Trinajstić information content (AvgIpc) is 2.89. The van der Waals surface area contributed by atoms with E-state index in [9.17, 15) is 14.4 Å². The molecule has 156 valence electrons. The van der Waals surface area contributed by atoms with Crippen LogP contribution in [0.2, 0.25) is 0 Å². The van der Waals surface area contributed by atoms with Gasteiger partial charge >= 0.3 is 0 Å². The fourth-order valence-electron chi connectivity index (χ4n) is 5.42. The Morgan fingerprint density at radius 2 is 1.72 bits per heavy atom. The number of quaternary nitrogens is 1. The maximum atomic E-state index is 13.2. The Morgan fingerprint density at radius 1 is 1.10 bits per heavy atom. The summed E-state index contributed by atoms with van der Waals surface area (Å²) >= 11 is 0. The molecule has 1 N–H and O–H groups in total. The van der Waals surface area contributed by atoms with Crippen LogP contribution in [-0.4, -0.2) is 55.3 Å². The number of nitrogens with one attached hydrogen (secondary N) is 1. The number of rotatable bonds is 4. The molecule has 2 atom stereocenters. The number of fused-ring (bicyclic) bond motifs is 2. The molecule has 0 radical (unpaired) electrons. The molecule has 3 fully saturated rings. The first-order chi connectivity index (χ1) is 13.6. The number of Topliss-reactive ketones (excluding diaryl/α,β-unsaturated/α-hetero) is 1. The third kappa shape index (κ3) is 3.08. The van der Waals surface area contributed by atoms with Crippen molar-refractivity contribution in [2.24, 2.45) is 16.7 Å². The van der Waals surface area contributed by atoms with E-state index in [-0.39, 0.29) is 28.9 Å². The fourth-order valence-corrected chi connectivity index (χ4v) is 5.42. The van der Waals surface area contributed by atoms with Gasteiger partial charge in [-0.25, -0.2) is 4.90 Å². The lowest BCUT2D eigenvalue weighted by Crippen LogP contribution is -3.16. The third-order valence-electron chi connectivity index (χ3n) is 8.00. The first kappa shape index (κ1) is 20.1. The molecule has 1 aromatic rings. The number of hydrogen-bond donors (Lipinski definition) is 1. The van der Waals surface area contributed by atoms with Crippen molar-refractivity contribution in [2.75, 3.05) is 37.7 Å². The first-order valence-electron chi connectivity index (χ1n) is 10.7. The molecule has 6 nitrogen and oxygen atoms in total. The van der Waals surface area contributed by atoms with E-state index in [4.69, 9.17) is 0 Å². The van der Waals surface area contributed by atoms with E-state index in [0.29, 0.717) is 6.67 Å². The van der Waals surface area contributed by atoms with E-state index in [1.54, 1.807) is 11.8 Å². The minimum atomic E-state index is -0.425. The van der Waals surface area contributed by atoms with Crippen LogP contribution >= 0.6 is 0 Å². The zero-order chi connectivity index (χ0) is 21.0. The summed E-state index contributed by atoms with van der Waals surface area (Å²) in [5, 5.41) is 0. The second kappa shape index (κ2) is 6.94. The molecule has 1 aromatic carbocycles. The van der Waals surface area contributed by atoms with Gasteiger partial charge in [-0.15, -0.1) is 0 Å². The molecule has 2 aliphatic heterocycles. The van der Waals surface area contributed by atoms with Crippen molar-refractivity contribution in [3.63, 3.8) is 0 Å². The number of benzene rings is 1. The van der Waals surface area contributed by atoms with Gasteiger partial charge in [0.05, 0.1) is 31.6 Å². The molecular weight excluding hydrogens is 366 g/mol. The SMILES string of the molecule is CC(=O)c1ccc(N2CC[NH+](CN3C(=O)[C@H]4CC[C@@](C)(C3=O)C4(C)C)CC2)cc1. The number of piperidine rings is 1. The molecular formula is C23H32N3O3+. The first-order valence-corrected chi connectivity index (χ1v) is 10.7. The number of amides is 2. The summed E-state index contributed by atoms with van der Waals surface area (Å²) < 4.78 is 0. The Morgan fingerprint density at radius 3 is 2.31 bits per heavy atom. The van der Waals surface area contributed by atoms with Crippen molar-refractivity contribution in [1.82, 2.24) is 4.90 Å². The van der Waals surface area contributed by atoms with Crippen molar-refractivity contribution in [3.8, 4) is 0 Å². The van der Waals surface area contributed by atoms with E-state index >= 15 is 0 Å². The summed E-state index contributed by atoms with van der Waals surface area (Å²) in [4.78, 5) is 42.9. The maximum Gasteiger partial charge on any atom is 0.240 e. The number of carbonyl (C=O) groups excluding carboxylic acids is 3. The summed E-state index contributed by atoms with van der Waals surface area (Å²) in [6.45, 7) is 11.8. The van der Waals surface area contributed by atoms with E-state index in [0.717, 1.165) is 50.3 Å². The second-order valence-electron chi connectivity index (χ2n) is 9.71. The minimum absolute atomic E-state index is 0.0241. The highest BCUT2D eigenvalue weighted by atomic mass is 16.2. The quantitative estimate of drug-likeness (QED) is 0.615. The minimum Gasteiger partial charge on any atom is -0.360 e. The smallest absolute Gasteiger partial charge is 0.240 e. The number of hydrogen-bond acceptors (Lipinski definition) is 4. The predicted octanol–water partition coefficient (Wildman–Crippen LogP) is 1.36. The van der Waals surface area contributed by atoms with E-state index in [1.165, 1.54) is 4.90 Å². The molecule has 1 saturated carbocycles. The summed E-state index contributed by atoms with van der Waals surface area (Å²) in [6.07, 6.45) is 1.63. The number of carbonyl (C=O) groups is 3. The van der Waals surface area contributed by atoms with Crippen molar-refractivity contribution >= 4 is 23.3 Å². The second-order valence-corrected chi connectivity index (χ2v) is 9.71. The van der Waals surface area contributed by atoms with Crippen LogP contribution < -0.4 is 9.80 Å². The van der Waals surface area contributed by atoms with Gasteiger partial charge in [0.15, 0.2) is 12.5 Å². The van der Waals surface area contributed by atoms with Crippen LogP contribution in [0.1, 0.15) is 50.9 Å². The van der Waals surface area contributed by atoms with Gasteiger partial charge in [-0.3, -0.25) is 14.4 Å². The molecule has 4 rings (SSSR count). The van der Waals surface area contributed by atoms with Gasteiger partial charge in [-0.05, 0) is 49.4 Å². The van der Waals surface area contributed by atoms with Crippen molar-refractivity contribution < 1.29 is 19.3 Å². The van der Waals surface area contributed by atoms with Gasteiger partial charge in [0.1, 0.15) is 0 Å². The number of nitrogens with zero attached hydrogens (tertiary/aromatic N) is 2. The zero-order valence-electron chi connectivity index (χ0n) is 18.0. The monoisotopic (exact) mass is 398 g/mol. The van der Waals surface area contributed by atoms with Crippen molar-refractivity contribution in [3.05, 3.63) is 29.8 Å². The van der Waals surface area contributed by atoms with Gasteiger partial charge < -0.3 is 9.80 Å². The maximum absolute atomic E-state index is 13.2. The Labute approximate surface area is 172 Å². The molecule has 0 unspecified atom stereocenters. The number of piperazine rings is 1. The van der Waals surface area contributed by atoms with E-state index in [1.807, 2.05) is 31.2 Å². The molecule has 2 saturated heterocycles. The average molecular weight is 399 g/mol. The molecule has 2 heterocycles. The van der Waals surface area contributed by atoms with Gasteiger partial charge in [-0.1, -0.05) is 20.8 Å². The Bertz CT molecular complexity index is 839. The van der Waals surface area contributed by atoms with Crippen LogP contribution in [0.15, 0.2) is 24.3 Å². The Kier molecular flexibility index (Phi) is 4.80. The van der Waals surface area contributed by atoms with Crippen molar-refractivity contribution in [2.45, 2.75) is 40.5 Å². The highest BCUT2D eigenvalue weighted by Gasteiger charge is 2.64. The number of imide groups is 1. The van der Waals surface area contributed by atoms with Crippen LogP contribution in [0.4, 0.5) is 5.69 Å². The molecule has 2 amide bonds. The van der Waals surface area contributed by atoms with Gasteiger partial charge in [0, 0.05) is 17.2 Å². The number of ketones is 1. The highest BCUT2D eigenvalue weighted by Crippen LogP contribution is 2.59. The van der Waals surface area contributed by atoms with Gasteiger partial charge in [-0.2, -0.15) is 0 Å². The van der Waals surface area contributed by atoms with Crippen LogP contribution in [0.3, 0.4) is 0 Å². The van der Waals surface area contributed by atoms with Crippen molar-refractivity contribution in [1.29, 1.82) is 0 Å². The summed E-state index contributed by atoms with van der Waals surface area (Å²) in [6, 6.07) is 7.75. The normalized spacial score (nSPS) is 29.4. The predicted molar refractivity (Wildman–Crippen MR) is 111 cm³/mol. The van der Waals surface area contributed by atoms with Gasteiger partial charge in [0.2, 0.25) is 11.8 Å². The molecule has 3 aliphatic rings. The van der Waals surface area contributed by atoms with Crippen LogP contribution in [-0.2, 0) is 9.59 Å². The molecule has 0 spiro atoms. The van der Waals surface area contributed by atoms with Crippen LogP contribution in [0, 0.1) is 16.7 Å². The number of anilines is 1. The summed E-state index contributed by atoms with van der Waals surface area (Å²) in [7, 11) is 0. The highest BCUT2D eigenvalue weighted by molar-refractivity contribution is 6.03. The largest absolute Gasteiger partial charge is 0.360 e. The molecule has 6 heteroatoms. The Hall–Kier alpha value is -2.21. The molecule has 29 heavy (non-hydrogen) atoms. The van der Waals surface area contributed by atoms with E-state index < -0.39 is 5.41 Å². The third-order valence-corrected chi connectivity index (χ3v) is 8.00. The van der Waals surface area contributed by atoms with Crippen LogP contribution in [0.25, 0.3) is 0 Å². The number of likely N-dealkylation sites (tertiary alicyclic amines) is 1.